The normalized spacial score (nSPS) is 13.3. The first-order valence-corrected chi connectivity index (χ1v) is 8.20. The van der Waals surface area contributed by atoms with E-state index in [2.05, 4.69) is 10.6 Å². The predicted molar refractivity (Wildman–Crippen MR) is 91.5 cm³/mol. The summed E-state index contributed by atoms with van der Waals surface area (Å²) < 4.78 is 4.84. The zero-order chi connectivity index (χ0) is 17.4. The molecule has 0 fully saturated rings. The van der Waals surface area contributed by atoms with Gasteiger partial charge >= 0.3 is 6.09 Å². The first-order chi connectivity index (χ1) is 10.8. The number of carbonyl (C=O) groups is 2. The van der Waals surface area contributed by atoms with Crippen LogP contribution in [0.5, 0.6) is 0 Å². The first kappa shape index (κ1) is 19.3. The summed E-state index contributed by atoms with van der Waals surface area (Å²) in [7, 11) is 0. The van der Waals surface area contributed by atoms with Crippen molar-refractivity contribution >= 4 is 23.6 Å². The van der Waals surface area contributed by atoms with Gasteiger partial charge in [-0.3, -0.25) is 4.79 Å². The van der Waals surface area contributed by atoms with Crippen LogP contribution in [0.1, 0.15) is 33.3 Å². The first-order valence-electron chi connectivity index (χ1n) is 7.82. The number of amides is 2. The number of benzene rings is 1. The van der Waals surface area contributed by atoms with E-state index in [0.29, 0.717) is 11.4 Å². The molecule has 1 aromatic carbocycles. The van der Waals surface area contributed by atoms with Crippen molar-refractivity contribution < 1.29 is 14.3 Å². The number of hydrogen-bond acceptors (Lipinski definition) is 3. The van der Waals surface area contributed by atoms with Crippen molar-refractivity contribution in [3.05, 3.63) is 34.9 Å². The van der Waals surface area contributed by atoms with E-state index in [9.17, 15) is 9.59 Å². The van der Waals surface area contributed by atoms with E-state index in [0.717, 1.165) is 5.56 Å². The molecule has 0 bridgehead atoms. The Labute approximate surface area is 142 Å². The fourth-order valence-electron chi connectivity index (χ4n) is 2.21. The Morgan fingerprint density at radius 3 is 2.39 bits per heavy atom. The molecule has 0 saturated heterocycles. The second-order valence-corrected chi connectivity index (χ2v) is 6.20. The Hall–Kier alpha value is -1.75. The predicted octanol–water partition coefficient (Wildman–Crippen LogP) is 3.16. The molecule has 0 saturated carbocycles. The fraction of sp³-hybridized carbons (Fsp3) is 0.529. The summed E-state index contributed by atoms with van der Waals surface area (Å²) >= 11 is 6.14. The Balaban J connectivity index is 2.63. The lowest BCUT2D eigenvalue weighted by atomic mass is 10.0. The lowest BCUT2D eigenvalue weighted by Gasteiger charge is -2.24. The topological polar surface area (TPSA) is 67.4 Å². The highest BCUT2D eigenvalue weighted by Crippen LogP contribution is 2.16. The van der Waals surface area contributed by atoms with Gasteiger partial charge in [0.1, 0.15) is 6.04 Å². The highest BCUT2D eigenvalue weighted by molar-refractivity contribution is 6.31. The average Bonchev–Trinajstić information content (AvgIpc) is 2.47. The zero-order valence-corrected chi connectivity index (χ0v) is 14.8. The van der Waals surface area contributed by atoms with Crippen LogP contribution < -0.4 is 10.6 Å². The molecule has 0 aliphatic heterocycles. The summed E-state index contributed by atoms with van der Waals surface area (Å²) in [6.07, 6.45) is 0.0374. The molecular weight excluding hydrogens is 316 g/mol. The zero-order valence-electron chi connectivity index (χ0n) is 14.1. The van der Waals surface area contributed by atoms with Gasteiger partial charge in [0.2, 0.25) is 5.91 Å². The monoisotopic (exact) mass is 340 g/mol. The molecule has 2 atom stereocenters. The minimum absolute atomic E-state index is 0.0491. The summed E-state index contributed by atoms with van der Waals surface area (Å²) in [5, 5.41) is 6.19. The molecule has 0 aliphatic rings. The number of hydrogen-bond donors (Lipinski definition) is 2. The molecule has 0 unspecified atom stereocenters. The van der Waals surface area contributed by atoms with E-state index in [1.807, 2.05) is 45.0 Å². The second-order valence-electron chi connectivity index (χ2n) is 5.79. The number of nitrogens with one attached hydrogen (secondary N) is 2. The third kappa shape index (κ3) is 6.48. The Morgan fingerprint density at radius 1 is 1.17 bits per heavy atom. The lowest BCUT2D eigenvalue weighted by Crippen LogP contribution is -2.52. The molecular formula is C17H25ClN2O3. The average molecular weight is 341 g/mol. The largest absolute Gasteiger partial charge is 0.450 e. The number of alkyl carbamates (subject to hydrolysis) is 1. The molecule has 0 heterocycles. The highest BCUT2D eigenvalue weighted by atomic mass is 35.5. The molecule has 1 rings (SSSR count). The smallest absolute Gasteiger partial charge is 0.407 e. The third-order valence-electron chi connectivity index (χ3n) is 3.37. The molecule has 5 nitrogen and oxygen atoms in total. The van der Waals surface area contributed by atoms with Gasteiger partial charge in [0.25, 0.3) is 0 Å². The lowest BCUT2D eigenvalue weighted by molar-refractivity contribution is -0.124. The molecule has 0 radical (unpaired) electrons. The summed E-state index contributed by atoms with van der Waals surface area (Å²) in [6, 6.07) is 6.80. The van der Waals surface area contributed by atoms with Gasteiger partial charge in [-0.25, -0.2) is 4.79 Å². The van der Waals surface area contributed by atoms with Crippen LogP contribution in [-0.2, 0) is 16.0 Å². The Bertz CT molecular complexity index is 534. The summed E-state index contributed by atoms with van der Waals surface area (Å²) in [5.74, 6) is -0.278. The van der Waals surface area contributed by atoms with Crippen molar-refractivity contribution in [2.45, 2.75) is 46.2 Å². The van der Waals surface area contributed by atoms with Gasteiger partial charge in [-0.15, -0.1) is 0 Å². The minimum Gasteiger partial charge on any atom is -0.450 e. The molecule has 2 amide bonds. The number of ether oxygens (including phenoxy) is 1. The van der Waals surface area contributed by atoms with Crippen molar-refractivity contribution in [1.82, 2.24) is 10.6 Å². The van der Waals surface area contributed by atoms with E-state index < -0.39 is 12.1 Å². The number of halogens is 1. The molecule has 6 heteroatoms. The standard InChI is InChI=1S/C17H25ClN2O3/c1-5-23-17(22)20-15(11(2)3)16(21)19-12(4)10-13-8-6-7-9-14(13)18/h6-9,11-12,15H,5,10H2,1-4H3,(H,19,21)(H,20,22)/t12-,15-/m1/s1. The van der Waals surface area contributed by atoms with Gasteiger partial charge in [-0.2, -0.15) is 0 Å². The van der Waals surface area contributed by atoms with E-state index >= 15 is 0 Å². The van der Waals surface area contributed by atoms with Crippen LogP contribution in [0, 0.1) is 5.92 Å². The van der Waals surface area contributed by atoms with Gasteiger partial charge < -0.3 is 15.4 Å². The van der Waals surface area contributed by atoms with E-state index in [1.165, 1.54) is 0 Å². The number of carbonyl (C=O) groups excluding carboxylic acids is 2. The van der Waals surface area contributed by atoms with Crippen LogP contribution in [0.25, 0.3) is 0 Å². The van der Waals surface area contributed by atoms with Crippen molar-refractivity contribution in [1.29, 1.82) is 0 Å². The molecule has 23 heavy (non-hydrogen) atoms. The van der Waals surface area contributed by atoms with Crippen LogP contribution in [0.2, 0.25) is 5.02 Å². The third-order valence-corrected chi connectivity index (χ3v) is 3.74. The maximum absolute atomic E-state index is 12.4. The van der Waals surface area contributed by atoms with Crippen LogP contribution in [-0.4, -0.2) is 30.7 Å². The Kier molecular flexibility index (Phi) is 7.89. The molecule has 1 aromatic rings. The van der Waals surface area contributed by atoms with Crippen LogP contribution in [0.15, 0.2) is 24.3 Å². The van der Waals surface area contributed by atoms with Gasteiger partial charge in [-0.05, 0) is 37.8 Å². The summed E-state index contributed by atoms with van der Waals surface area (Å²) in [6.45, 7) is 7.63. The number of rotatable bonds is 7. The quantitative estimate of drug-likeness (QED) is 0.801. The molecule has 0 aliphatic carbocycles. The highest BCUT2D eigenvalue weighted by Gasteiger charge is 2.25. The maximum atomic E-state index is 12.4. The van der Waals surface area contributed by atoms with Crippen LogP contribution in [0.3, 0.4) is 0 Å². The van der Waals surface area contributed by atoms with Gasteiger partial charge in [0.05, 0.1) is 6.61 Å². The van der Waals surface area contributed by atoms with Crippen molar-refractivity contribution in [3.8, 4) is 0 Å². The summed E-state index contributed by atoms with van der Waals surface area (Å²) in [4.78, 5) is 23.9. The van der Waals surface area contributed by atoms with Crippen LogP contribution >= 0.6 is 11.6 Å². The summed E-state index contributed by atoms with van der Waals surface area (Å²) in [5.41, 5.74) is 0.974. The molecule has 2 N–H and O–H groups in total. The van der Waals surface area contributed by atoms with E-state index in [4.69, 9.17) is 16.3 Å². The van der Waals surface area contributed by atoms with Crippen molar-refractivity contribution in [2.75, 3.05) is 6.61 Å². The van der Waals surface area contributed by atoms with E-state index in [1.54, 1.807) is 6.92 Å². The molecule has 0 spiro atoms. The van der Waals surface area contributed by atoms with Gasteiger partial charge in [0, 0.05) is 11.1 Å². The van der Waals surface area contributed by atoms with Crippen molar-refractivity contribution in [2.24, 2.45) is 5.92 Å². The fourth-order valence-corrected chi connectivity index (χ4v) is 2.43. The second kappa shape index (κ2) is 9.40. The van der Waals surface area contributed by atoms with Crippen molar-refractivity contribution in [3.63, 3.8) is 0 Å². The van der Waals surface area contributed by atoms with Gasteiger partial charge in [0.15, 0.2) is 0 Å². The maximum Gasteiger partial charge on any atom is 0.407 e. The molecule has 0 aromatic heterocycles. The minimum atomic E-state index is -0.636. The van der Waals surface area contributed by atoms with E-state index in [-0.39, 0.29) is 24.5 Å². The molecule has 128 valence electrons. The SMILES string of the molecule is CCOC(=O)N[C@@H](C(=O)N[C@H](C)Cc1ccccc1Cl)C(C)C. The van der Waals surface area contributed by atoms with Crippen LogP contribution in [0.4, 0.5) is 4.79 Å². The Morgan fingerprint density at radius 2 is 1.83 bits per heavy atom. The van der Waals surface area contributed by atoms with Gasteiger partial charge in [-0.1, -0.05) is 43.6 Å².